The molecule has 0 amide bonds. The van der Waals surface area contributed by atoms with Crippen molar-refractivity contribution in [2.24, 2.45) is 0 Å². The van der Waals surface area contributed by atoms with E-state index in [0.717, 1.165) is 11.1 Å². The zero-order valence-corrected chi connectivity index (χ0v) is 14.1. The van der Waals surface area contributed by atoms with E-state index in [1.165, 1.54) is 12.4 Å². The van der Waals surface area contributed by atoms with Gasteiger partial charge >= 0.3 is 0 Å². The summed E-state index contributed by atoms with van der Waals surface area (Å²) < 4.78 is 0. The number of nitrogens with zero attached hydrogens (tertiary/aromatic N) is 1. The van der Waals surface area contributed by atoms with Gasteiger partial charge in [-0.2, -0.15) is 0 Å². The maximum atomic E-state index is 12.3. The molecule has 0 atom stereocenters. The number of benzene rings is 1. The zero-order chi connectivity index (χ0) is 18.0. The zero-order valence-electron chi connectivity index (χ0n) is 13.4. The summed E-state index contributed by atoms with van der Waals surface area (Å²) in [6, 6.07) is 6.92. The summed E-state index contributed by atoms with van der Waals surface area (Å²) in [6.07, 6.45) is 4.59. The van der Waals surface area contributed by atoms with Crippen molar-refractivity contribution in [1.82, 2.24) is 19.9 Å². The molecule has 3 aromatic rings. The standard InChI is InChI=1S/C18H15ClN4O2/c1-10(2)16-13(20-9-21-16)8-15-18(25)22-14(17(24)23-15)7-11-3-5-12(19)6-4-11/h3-9H,1H2,2H3,(H,20,21)(H,22,25)(H,23,24)/b14-7-,15-8-. The number of hydrogen-bond acceptors (Lipinski definition) is 3. The third kappa shape index (κ3) is 3.70. The first-order valence-corrected chi connectivity index (χ1v) is 7.83. The van der Waals surface area contributed by atoms with Gasteiger partial charge < -0.3 is 15.0 Å². The number of aromatic nitrogens is 4. The van der Waals surface area contributed by atoms with Crippen LogP contribution in [0.25, 0.3) is 17.7 Å². The molecule has 0 aliphatic rings. The largest absolute Gasteiger partial charge is 0.344 e. The molecule has 3 N–H and O–H groups in total. The quantitative estimate of drug-likeness (QED) is 0.658. The number of H-pyrrole nitrogens is 3. The Hall–Kier alpha value is -3.12. The van der Waals surface area contributed by atoms with Crippen molar-refractivity contribution in [2.75, 3.05) is 0 Å². The monoisotopic (exact) mass is 354 g/mol. The third-order valence-electron chi connectivity index (χ3n) is 3.54. The van der Waals surface area contributed by atoms with Crippen LogP contribution in [0.1, 0.15) is 23.9 Å². The van der Waals surface area contributed by atoms with Crippen LogP contribution in [0.3, 0.4) is 0 Å². The normalized spacial score (nSPS) is 12.6. The first-order valence-electron chi connectivity index (χ1n) is 7.45. The Bertz CT molecular complexity index is 1170. The molecule has 0 saturated carbocycles. The Labute approximate surface area is 147 Å². The van der Waals surface area contributed by atoms with Gasteiger partial charge in [-0.15, -0.1) is 0 Å². The minimum absolute atomic E-state index is 0.118. The van der Waals surface area contributed by atoms with E-state index in [1.54, 1.807) is 30.3 Å². The summed E-state index contributed by atoms with van der Waals surface area (Å²) in [5, 5.41) is 0.872. The first kappa shape index (κ1) is 16.7. The van der Waals surface area contributed by atoms with Crippen LogP contribution in [0, 0.1) is 0 Å². The van der Waals surface area contributed by atoms with Gasteiger partial charge in [-0.05, 0) is 42.3 Å². The Morgan fingerprint density at radius 2 is 1.68 bits per heavy atom. The third-order valence-corrected chi connectivity index (χ3v) is 3.80. The Kier molecular flexibility index (Phi) is 4.54. The van der Waals surface area contributed by atoms with Crippen LogP contribution in [0.5, 0.6) is 0 Å². The summed E-state index contributed by atoms with van der Waals surface area (Å²) in [4.78, 5) is 36.8. The number of imidazole rings is 1. The molecule has 0 aliphatic carbocycles. The smallest absolute Gasteiger partial charge is 0.272 e. The highest BCUT2D eigenvalue weighted by molar-refractivity contribution is 6.30. The molecule has 0 spiro atoms. The van der Waals surface area contributed by atoms with Crippen LogP contribution in [0.2, 0.25) is 5.02 Å². The van der Waals surface area contributed by atoms with E-state index in [9.17, 15) is 9.59 Å². The molecule has 6 nitrogen and oxygen atoms in total. The summed E-state index contributed by atoms with van der Waals surface area (Å²) in [5.41, 5.74) is 1.93. The van der Waals surface area contributed by atoms with E-state index >= 15 is 0 Å². The summed E-state index contributed by atoms with van der Waals surface area (Å²) in [6.45, 7) is 5.66. The van der Waals surface area contributed by atoms with Crippen molar-refractivity contribution in [3.05, 3.63) is 90.6 Å². The summed E-state index contributed by atoms with van der Waals surface area (Å²) in [7, 11) is 0. The van der Waals surface area contributed by atoms with Gasteiger partial charge in [-0.3, -0.25) is 9.59 Å². The lowest BCUT2D eigenvalue weighted by molar-refractivity contribution is 1.00. The second-order valence-electron chi connectivity index (χ2n) is 5.52. The molecular formula is C18H15ClN4O2. The molecule has 0 bridgehead atoms. The Balaban J connectivity index is 2.13. The van der Waals surface area contributed by atoms with Gasteiger partial charge in [-0.1, -0.05) is 30.3 Å². The fraction of sp³-hybridized carbons (Fsp3) is 0.0556. The highest BCUT2D eigenvalue weighted by Crippen LogP contribution is 2.12. The molecule has 25 heavy (non-hydrogen) atoms. The molecule has 2 heterocycles. The van der Waals surface area contributed by atoms with Crippen LogP contribution in [0.15, 0.2) is 46.8 Å². The molecule has 0 fully saturated rings. The Morgan fingerprint density at radius 3 is 2.28 bits per heavy atom. The molecule has 1 aromatic carbocycles. The van der Waals surface area contributed by atoms with Gasteiger partial charge in [0.25, 0.3) is 11.1 Å². The van der Waals surface area contributed by atoms with Crippen molar-refractivity contribution < 1.29 is 0 Å². The minimum atomic E-state index is -0.421. The molecule has 2 aromatic heterocycles. The van der Waals surface area contributed by atoms with Crippen LogP contribution < -0.4 is 21.8 Å². The number of halogens is 1. The minimum Gasteiger partial charge on any atom is -0.344 e. The Morgan fingerprint density at radius 1 is 1.08 bits per heavy atom. The van der Waals surface area contributed by atoms with Crippen LogP contribution in [-0.2, 0) is 0 Å². The maximum absolute atomic E-state index is 12.3. The molecule has 0 radical (unpaired) electrons. The predicted octanol–water partition coefficient (Wildman–Crippen LogP) is 1.13. The lowest BCUT2D eigenvalue weighted by atomic mass is 10.2. The molecule has 0 saturated heterocycles. The number of nitrogens with one attached hydrogen (secondary N) is 3. The van der Waals surface area contributed by atoms with Crippen molar-refractivity contribution >= 4 is 29.3 Å². The van der Waals surface area contributed by atoms with Crippen molar-refractivity contribution in [2.45, 2.75) is 6.92 Å². The topological polar surface area (TPSA) is 94.4 Å². The van der Waals surface area contributed by atoms with Gasteiger partial charge in [-0.25, -0.2) is 4.98 Å². The molecule has 0 aliphatic heterocycles. The molecule has 0 unspecified atom stereocenters. The van der Waals surface area contributed by atoms with E-state index in [1.807, 2.05) is 6.92 Å². The summed E-state index contributed by atoms with van der Waals surface area (Å²) >= 11 is 5.84. The second-order valence-corrected chi connectivity index (χ2v) is 5.96. The van der Waals surface area contributed by atoms with Crippen molar-refractivity contribution in [1.29, 1.82) is 0 Å². The highest BCUT2D eigenvalue weighted by Gasteiger charge is 2.04. The lowest BCUT2D eigenvalue weighted by Gasteiger charge is -1.96. The molecule has 7 heteroatoms. The second kappa shape index (κ2) is 6.78. The molecule has 3 rings (SSSR count). The van der Waals surface area contributed by atoms with Gasteiger partial charge in [0.1, 0.15) is 10.7 Å². The average Bonchev–Trinajstić information content (AvgIpc) is 3.03. The molecular weight excluding hydrogens is 340 g/mol. The fourth-order valence-electron chi connectivity index (χ4n) is 2.31. The predicted molar refractivity (Wildman–Crippen MR) is 98.8 cm³/mol. The van der Waals surface area contributed by atoms with Crippen molar-refractivity contribution in [3.8, 4) is 0 Å². The van der Waals surface area contributed by atoms with E-state index in [4.69, 9.17) is 11.6 Å². The van der Waals surface area contributed by atoms with Gasteiger partial charge in [0.05, 0.1) is 17.7 Å². The van der Waals surface area contributed by atoms with Gasteiger partial charge in [0, 0.05) is 5.02 Å². The lowest BCUT2D eigenvalue weighted by Crippen LogP contribution is -2.46. The average molecular weight is 355 g/mol. The first-order chi connectivity index (χ1) is 11.9. The maximum Gasteiger partial charge on any atom is 0.272 e. The van der Waals surface area contributed by atoms with Crippen molar-refractivity contribution in [3.63, 3.8) is 0 Å². The van der Waals surface area contributed by atoms with Crippen LogP contribution in [0.4, 0.5) is 0 Å². The van der Waals surface area contributed by atoms with E-state index in [-0.39, 0.29) is 10.7 Å². The van der Waals surface area contributed by atoms with Gasteiger partial charge in [0.15, 0.2) is 0 Å². The van der Waals surface area contributed by atoms with E-state index in [0.29, 0.717) is 16.4 Å². The van der Waals surface area contributed by atoms with E-state index in [2.05, 4.69) is 26.5 Å². The SMILES string of the molecule is C=C(C)c1[nH]cnc1/C=c1\[nH]c(=O)/c(=C/c2ccc(Cl)cc2)[nH]c1=O. The number of allylic oxidation sites excluding steroid dienone is 1. The van der Waals surface area contributed by atoms with Gasteiger partial charge in [0.2, 0.25) is 0 Å². The number of hydrogen-bond donors (Lipinski definition) is 3. The van der Waals surface area contributed by atoms with Crippen LogP contribution in [-0.4, -0.2) is 19.9 Å². The number of aromatic amines is 3. The molecule has 126 valence electrons. The van der Waals surface area contributed by atoms with Crippen LogP contribution >= 0.6 is 11.6 Å². The highest BCUT2D eigenvalue weighted by atomic mass is 35.5. The fourth-order valence-corrected chi connectivity index (χ4v) is 2.44. The number of rotatable bonds is 3. The van der Waals surface area contributed by atoms with E-state index < -0.39 is 11.1 Å². The summed E-state index contributed by atoms with van der Waals surface area (Å²) in [5.74, 6) is 0.